The molecular formula is C27H34N4O3S. The van der Waals surface area contributed by atoms with Gasteiger partial charge in [-0.1, -0.05) is 24.8 Å². The number of sulfonamides is 1. The third-order valence-electron chi connectivity index (χ3n) is 6.92. The zero-order valence-corrected chi connectivity index (χ0v) is 21.4. The van der Waals surface area contributed by atoms with E-state index in [4.69, 9.17) is 5.73 Å². The summed E-state index contributed by atoms with van der Waals surface area (Å²) in [4.78, 5) is 15.6. The summed E-state index contributed by atoms with van der Waals surface area (Å²) in [6.45, 7) is 10.6. The predicted molar refractivity (Wildman–Crippen MR) is 142 cm³/mol. The summed E-state index contributed by atoms with van der Waals surface area (Å²) in [5, 5.41) is 4.31. The van der Waals surface area contributed by atoms with Crippen LogP contribution in [-0.4, -0.2) is 42.5 Å². The molecule has 1 aliphatic heterocycles. The van der Waals surface area contributed by atoms with Gasteiger partial charge in [0.2, 0.25) is 10.0 Å². The highest BCUT2D eigenvalue weighted by Gasteiger charge is 2.29. The Morgan fingerprint density at radius 3 is 2.57 bits per heavy atom. The molecule has 4 N–H and O–H groups in total. The first-order valence-corrected chi connectivity index (χ1v) is 13.7. The lowest BCUT2D eigenvalue weighted by Gasteiger charge is -2.31. The fraction of sp³-hybridized carbons (Fsp3) is 0.370. The van der Waals surface area contributed by atoms with Crippen molar-refractivity contribution in [2.75, 3.05) is 18.8 Å². The predicted octanol–water partition coefficient (Wildman–Crippen LogP) is 4.65. The van der Waals surface area contributed by atoms with Crippen LogP contribution in [0.5, 0.6) is 0 Å². The van der Waals surface area contributed by atoms with Crippen LogP contribution in [0.4, 0.5) is 0 Å². The number of nitrogens with two attached hydrogens (primary N) is 1. The van der Waals surface area contributed by atoms with Crippen molar-refractivity contribution in [3.63, 3.8) is 0 Å². The van der Waals surface area contributed by atoms with Gasteiger partial charge in [-0.15, -0.1) is 0 Å². The molecule has 1 saturated heterocycles. The first kappa shape index (κ1) is 25.0. The summed E-state index contributed by atoms with van der Waals surface area (Å²) in [5.74, 6) is -0.160. The number of carbonyl (C=O) groups is 1. The van der Waals surface area contributed by atoms with Crippen LogP contribution in [0.3, 0.4) is 0 Å². The Morgan fingerprint density at radius 1 is 1.23 bits per heavy atom. The lowest BCUT2D eigenvalue weighted by atomic mass is 9.88. The Balaban J connectivity index is 1.72. The number of fused-ring (bicyclic) bond motifs is 1. The Kier molecular flexibility index (Phi) is 7.05. The second-order valence-electron chi connectivity index (χ2n) is 9.40. The minimum absolute atomic E-state index is 0.0965. The molecule has 1 amide bonds. The average Bonchev–Trinajstić information content (AvgIpc) is 3.27. The minimum atomic E-state index is -3.18. The Bertz CT molecular complexity index is 1370. The van der Waals surface area contributed by atoms with E-state index in [9.17, 15) is 13.2 Å². The zero-order valence-electron chi connectivity index (χ0n) is 20.6. The molecule has 0 aliphatic carbocycles. The van der Waals surface area contributed by atoms with E-state index < -0.39 is 15.9 Å². The zero-order chi connectivity index (χ0) is 25.3. The van der Waals surface area contributed by atoms with Gasteiger partial charge in [-0.2, -0.15) is 0 Å². The molecule has 4 rings (SSSR count). The SMILES string of the molecule is C=C(C)NC(C)c1cccc(-c2cc(C(N)=O)c3[nH]cc(C4CCN(S(=O)(=O)CC)CC4)c3c2)c1. The van der Waals surface area contributed by atoms with Crippen LogP contribution in [0.1, 0.15) is 67.1 Å². The lowest BCUT2D eigenvalue weighted by Crippen LogP contribution is -2.38. The maximum absolute atomic E-state index is 12.4. The van der Waals surface area contributed by atoms with E-state index in [1.807, 2.05) is 31.3 Å². The molecule has 2 aromatic carbocycles. The molecule has 1 atom stereocenters. The van der Waals surface area contributed by atoms with Gasteiger partial charge in [0.05, 0.1) is 16.8 Å². The van der Waals surface area contributed by atoms with Crippen LogP contribution in [0, 0.1) is 0 Å². The Hall–Kier alpha value is -3.10. The smallest absolute Gasteiger partial charge is 0.250 e. The highest BCUT2D eigenvalue weighted by atomic mass is 32.2. The van der Waals surface area contributed by atoms with Gasteiger partial charge in [-0.05, 0) is 80.0 Å². The van der Waals surface area contributed by atoms with Gasteiger partial charge in [0.1, 0.15) is 0 Å². The number of hydrogen-bond acceptors (Lipinski definition) is 4. The first-order valence-electron chi connectivity index (χ1n) is 12.1. The molecule has 35 heavy (non-hydrogen) atoms. The van der Waals surface area contributed by atoms with E-state index in [1.54, 1.807) is 11.2 Å². The molecule has 0 spiro atoms. The molecule has 1 aliphatic rings. The highest BCUT2D eigenvalue weighted by Crippen LogP contribution is 2.37. The highest BCUT2D eigenvalue weighted by molar-refractivity contribution is 7.89. The third-order valence-corrected chi connectivity index (χ3v) is 8.80. The fourth-order valence-corrected chi connectivity index (χ4v) is 6.15. The number of aromatic amines is 1. The molecule has 0 radical (unpaired) electrons. The molecule has 7 nitrogen and oxygen atoms in total. The number of hydrogen-bond donors (Lipinski definition) is 3. The number of rotatable bonds is 8. The van der Waals surface area contributed by atoms with Crippen molar-refractivity contribution in [2.24, 2.45) is 5.73 Å². The molecule has 3 aromatic rings. The van der Waals surface area contributed by atoms with E-state index in [0.717, 1.165) is 51.7 Å². The van der Waals surface area contributed by atoms with Crippen LogP contribution in [0.25, 0.3) is 22.0 Å². The molecule has 0 bridgehead atoms. The number of nitrogens with zero attached hydrogens (tertiary/aromatic N) is 1. The minimum Gasteiger partial charge on any atom is -0.383 e. The van der Waals surface area contributed by atoms with Crippen molar-refractivity contribution in [1.82, 2.24) is 14.6 Å². The summed E-state index contributed by atoms with van der Waals surface area (Å²) < 4.78 is 26.1. The number of amides is 1. The van der Waals surface area contributed by atoms with Crippen LogP contribution in [-0.2, 0) is 10.0 Å². The second-order valence-corrected chi connectivity index (χ2v) is 11.7. The third kappa shape index (κ3) is 5.13. The van der Waals surface area contributed by atoms with Gasteiger partial charge >= 0.3 is 0 Å². The fourth-order valence-electron chi connectivity index (χ4n) is 5.02. The Morgan fingerprint density at radius 2 is 1.94 bits per heavy atom. The van der Waals surface area contributed by atoms with E-state index in [0.29, 0.717) is 18.7 Å². The monoisotopic (exact) mass is 494 g/mol. The largest absolute Gasteiger partial charge is 0.383 e. The normalized spacial score (nSPS) is 16.3. The number of piperidine rings is 1. The van der Waals surface area contributed by atoms with Gasteiger partial charge < -0.3 is 16.0 Å². The van der Waals surface area contributed by atoms with Gasteiger partial charge in [0, 0.05) is 36.4 Å². The standard InChI is InChI=1S/C27H34N4O3S/c1-5-35(33,34)31-11-9-19(10-12-31)25-16-29-26-23(25)14-22(15-24(26)27(28)32)21-8-6-7-20(13-21)18(4)30-17(2)3/h6-8,13-16,18-19,29-30H,2,5,9-12H2,1,3-4H3,(H2,28,32). The van der Waals surface area contributed by atoms with Crippen molar-refractivity contribution >= 4 is 26.8 Å². The number of H-pyrrole nitrogens is 1. The number of nitrogens with one attached hydrogen (secondary N) is 2. The first-order chi connectivity index (χ1) is 16.6. The van der Waals surface area contributed by atoms with Crippen molar-refractivity contribution in [3.8, 4) is 11.1 Å². The number of primary amides is 1. The summed E-state index contributed by atoms with van der Waals surface area (Å²) in [6, 6.07) is 12.3. The molecular weight excluding hydrogens is 460 g/mol. The van der Waals surface area contributed by atoms with Gasteiger partial charge in [-0.3, -0.25) is 4.79 Å². The molecule has 0 saturated carbocycles. The second kappa shape index (κ2) is 9.87. The molecule has 1 unspecified atom stereocenters. The van der Waals surface area contributed by atoms with Gasteiger partial charge in [0.15, 0.2) is 0 Å². The molecule has 1 aromatic heterocycles. The lowest BCUT2D eigenvalue weighted by molar-refractivity contribution is 0.100. The van der Waals surface area contributed by atoms with E-state index in [2.05, 4.69) is 42.0 Å². The summed E-state index contributed by atoms with van der Waals surface area (Å²) in [7, 11) is -3.18. The number of allylic oxidation sites excluding steroid dienone is 1. The molecule has 186 valence electrons. The van der Waals surface area contributed by atoms with Crippen molar-refractivity contribution < 1.29 is 13.2 Å². The van der Waals surface area contributed by atoms with Crippen LogP contribution < -0.4 is 11.1 Å². The van der Waals surface area contributed by atoms with Gasteiger partial charge in [0.25, 0.3) is 5.91 Å². The van der Waals surface area contributed by atoms with Gasteiger partial charge in [-0.25, -0.2) is 12.7 Å². The molecule has 8 heteroatoms. The molecule has 1 fully saturated rings. The van der Waals surface area contributed by atoms with Crippen LogP contribution in [0.2, 0.25) is 0 Å². The topological polar surface area (TPSA) is 108 Å². The number of benzene rings is 2. The van der Waals surface area contributed by atoms with E-state index in [-0.39, 0.29) is 17.7 Å². The summed E-state index contributed by atoms with van der Waals surface area (Å²) in [6.07, 6.45) is 3.43. The van der Waals surface area contributed by atoms with Crippen molar-refractivity contribution in [2.45, 2.75) is 45.6 Å². The Labute approximate surface area is 207 Å². The summed E-state index contributed by atoms with van der Waals surface area (Å²) in [5.41, 5.74) is 12.0. The van der Waals surface area contributed by atoms with Crippen LogP contribution >= 0.6 is 0 Å². The maximum atomic E-state index is 12.4. The van der Waals surface area contributed by atoms with E-state index in [1.165, 1.54) is 0 Å². The van der Waals surface area contributed by atoms with Crippen molar-refractivity contribution in [3.05, 3.63) is 71.6 Å². The number of aromatic nitrogens is 1. The number of carbonyl (C=O) groups excluding carboxylic acids is 1. The van der Waals surface area contributed by atoms with Crippen molar-refractivity contribution in [1.29, 1.82) is 0 Å². The summed E-state index contributed by atoms with van der Waals surface area (Å²) >= 11 is 0. The molecule has 2 heterocycles. The maximum Gasteiger partial charge on any atom is 0.250 e. The quantitative estimate of drug-likeness (QED) is 0.424. The van der Waals surface area contributed by atoms with Crippen LogP contribution in [0.15, 0.2) is 54.9 Å². The average molecular weight is 495 g/mol. The van der Waals surface area contributed by atoms with E-state index >= 15 is 0 Å².